The van der Waals surface area contributed by atoms with Gasteiger partial charge in [0.05, 0.1) is 153 Å². The van der Waals surface area contributed by atoms with Crippen molar-refractivity contribution >= 4 is 68.7 Å². The summed E-state index contributed by atoms with van der Waals surface area (Å²) in [5.74, 6) is -4.31. The van der Waals surface area contributed by atoms with Crippen LogP contribution in [0.25, 0.3) is 21.3 Å². The van der Waals surface area contributed by atoms with Crippen molar-refractivity contribution in [2.75, 3.05) is 155 Å². The van der Waals surface area contributed by atoms with Crippen LogP contribution in [0, 0.1) is 22.9 Å². The number of benzene rings is 2. The van der Waals surface area contributed by atoms with E-state index in [4.69, 9.17) is 78.5 Å². The largest absolute Gasteiger partial charge is 0.491 e. The topological polar surface area (TPSA) is 320 Å². The number of thiazole rings is 1. The van der Waals surface area contributed by atoms with Crippen LogP contribution in [0.5, 0.6) is 11.5 Å². The minimum absolute atomic E-state index is 0.0202. The lowest BCUT2D eigenvalue weighted by Crippen LogP contribution is -2.63. The van der Waals surface area contributed by atoms with Crippen LogP contribution in [0.4, 0.5) is 24.1 Å². The molecule has 4 atom stereocenters. The Hall–Kier alpha value is -5.36. The van der Waals surface area contributed by atoms with E-state index < -0.39 is 67.7 Å². The number of hydrogen-bond donors (Lipinski definition) is 4. The Morgan fingerprint density at radius 3 is 2.08 bits per heavy atom. The highest BCUT2D eigenvalue weighted by atomic mass is 35.5. The van der Waals surface area contributed by atoms with E-state index in [0.29, 0.717) is 140 Å². The van der Waals surface area contributed by atoms with Gasteiger partial charge in [-0.25, -0.2) is 27.5 Å². The van der Waals surface area contributed by atoms with Crippen molar-refractivity contribution < 1.29 is 99.4 Å². The van der Waals surface area contributed by atoms with Gasteiger partial charge in [0.1, 0.15) is 54.3 Å². The number of piperidine rings is 1. The average molecular weight is 1290 g/mol. The van der Waals surface area contributed by atoms with Crippen LogP contribution in [-0.4, -0.2) is 229 Å². The maximum absolute atomic E-state index is 13.6. The van der Waals surface area contributed by atoms with Crippen molar-refractivity contribution in [1.82, 2.24) is 39.7 Å². The van der Waals surface area contributed by atoms with E-state index in [0.717, 1.165) is 47.0 Å². The van der Waals surface area contributed by atoms with Gasteiger partial charge in [-0.2, -0.15) is 15.1 Å². The number of carbonyl (C=O) groups is 1. The van der Waals surface area contributed by atoms with Crippen LogP contribution in [0.15, 0.2) is 42.7 Å². The van der Waals surface area contributed by atoms with Crippen molar-refractivity contribution in [2.24, 2.45) is 5.41 Å². The van der Waals surface area contributed by atoms with Gasteiger partial charge in [-0.1, -0.05) is 16.6 Å². The van der Waals surface area contributed by atoms with Gasteiger partial charge in [-0.15, -0.1) is 5.10 Å². The van der Waals surface area contributed by atoms with Gasteiger partial charge >= 0.3 is 13.6 Å². The fourth-order valence-corrected chi connectivity index (χ4v) is 11.3. The van der Waals surface area contributed by atoms with Gasteiger partial charge in [0.2, 0.25) is 11.0 Å². The van der Waals surface area contributed by atoms with Crippen molar-refractivity contribution in [2.45, 2.75) is 57.0 Å². The van der Waals surface area contributed by atoms with Crippen molar-refractivity contribution in [1.29, 1.82) is 0 Å². The molecule has 7 heterocycles. The Labute approximate surface area is 505 Å². The molecule has 0 aliphatic carbocycles. The molecule has 87 heavy (non-hydrogen) atoms. The Kier molecular flexibility index (Phi) is 24.6. The molecule has 28 nitrogen and oxygen atoms in total. The standard InChI is InChI=1S/C53H69ClF3N10O18PS/c54-51-60-48(38-27-58-67(49(38)61-51)50-46(70)45(69)42(84-50)30-82-34-86(71,72)73)65-32-53(33-65)5-1-6-64(31-53)52-59-41-3-2-37(26-43(41)87-52)83-23-22-80-19-18-78-16-17-79-20-21-81-29-36-28-66(63-62-36)7-9-75-11-13-77-15-14-76-12-10-74-8-4-44(68)85-47-39(56)24-35(55)25-40(47)57/h2-3,24-28,42,45-46,50,69-70H,1,4-23,29-34H2,(H2,71,72,73)/t42-,45-,46-,50-/m1/s1. The van der Waals surface area contributed by atoms with Gasteiger partial charge in [-0.3, -0.25) is 9.36 Å². The predicted octanol–water partition coefficient (Wildman–Crippen LogP) is 3.68. The van der Waals surface area contributed by atoms with Gasteiger partial charge < -0.3 is 86.6 Å². The number of nitrogens with zero attached hydrogens (tertiary/aromatic N) is 10. The second kappa shape index (κ2) is 32.4. The number of aromatic nitrogens is 8. The van der Waals surface area contributed by atoms with Crippen LogP contribution in [0.1, 0.15) is 31.2 Å². The zero-order chi connectivity index (χ0) is 61.2. The number of anilines is 2. The Morgan fingerprint density at radius 2 is 1.40 bits per heavy atom. The first kappa shape index (κ1) is 66.1. The normalized spacial score (nSPS) is 18.6. The van der Waals surface area contributed by atoms with E-state index in [1.807, 2.05) is 18.2 Å². The lowest BCUT2D eigenvalue weighted by atomic mass is 9.73. The molecule has 9 rings (SSSR count). The number of fused-ring (bicyclic) bond motifs is 2. The van der Waals surface area contributed by atoms with E-state index in [9.17, 15) is 32.7 Å². The third-order valence-electron chi connectivity index (χ3n) is 13.8. The molecule has 0 radical (unpaired) electrons. The maximum Gasteiger partial charge on any atom is 0.350 e. The highest BCUT2D eigenvalue weighted by Gasteiger charge is 2.48. The van der Waals surface area contributed by atoms with Crippen LogP contribution < -0.4 is 19.3 Å². The molecule has 3 aliphatic rings. The first-order valence-corrected chi connectivity index (χ1v) is 31.0. The molecule has 6 aromatic rings. The molecule has 3 fully saturated rings. The second-order valence-corrected chi connectivity index (χ2v) is 23.4. The first-order valence-electron chi connectivity index (χ1n) is 28.0. The summed E-state index contributed by atoms with van der Waals surface area (Å²) in [6.45, 7) is 8.85. The van der Waals surface area contributed by atoms with Crippen LogP contribution in [0.3, 0.4) is 0 Å². The fourth-order valence-electron chi connectivity index (χ4n) is 9.76. The highest BCUT2D eigenvalue weighted by Crippen LogP contribution is 2.45. The molecular weight excluding hydrogens is 1220 g/mol. The van der Waals surface area contributed by atoms with E-state index in [2.05, 4.69) is 39.9 Å². The highest BCUT2D eigenvalue weighted by molar-refractivity contribution is 7.51. The molecule has 0 amide bonds. The lowest BCUT2D eigenvalue weighted by molar-refractivity contribution is -0.136. The van der Waals surface area contributed by atoms with E-state index in [1.165, 1.54) is 4.68 Å². The third kappa shape index (κ3) is 19.3. The lowest BCUT2D eigenvalue weighted by Gasteiger charge is -2.55. The molecule has 3 aliphatic heterocycles. The summed E-state index contributed by atoms with van der Waals surface area (Å²) in [6.07, 6.45) is -0.866. The second-order valence-electron chi connectivity index (χ2n) is 20.4. The third-order valence-corrected chi connectivity index (χ3v) is 15.6. The summed E-state index contributed by atoms with van der Waals surface area (Å²) < 4.78 is 121. The van der Waals surface area contributed by atoms with Gasteiger partial charge in [0.15, 0.2) is 28.6 Å². The number of hydrogen-bond acceptors (Lipinski definition) is 25. The van der Waals surface area contributed by atoms with Crippen molar-refractivity contribution in [3.63, 3.8) is 0 Å². The molecule has 3 saturated heterocycles. The average Bonchev–Trinajstić information content (AvgIpc) is 1.77. The Bertz CT molecular complexity index is 3180. The molecule has 2 aromatic carbocycles. The first-order chi connectivity index (χ1) is 42.1. The van der Waals surface area contributed by atoms with Crippen LogP contribution in [-0.2, 0) is 69.9 Å². The van der Waals surface area contributed by atoms with E-state index in [1.54, 1.807) is 28.4 Å². The predicted molar refractivity (Wildman–Crippen MR) is 302 cm³/mol. The number of rotatable bonds is 38. The van der Waals surface area contributed by atoms with Crippen LogP contribution in [0.2, 0.25) is 5.28 Å². The fraction of sp³-hybridized carbons (Fsp3) is 0.604. The monoisotopic (exact) mass is 1290 g/mol. The summed E-state index contributed by atoms with van der Waals surface area (Å²) >= 11 is 8.08. The molecule has 34 heteroatoms. The van der Waals surface area contributed by atoms with Crippen LogP contribution >= 0.6 is 30.5 Å². The minimum Gasteiger partial charge on any atom is -0.491 e. The summed E-state index contributed by atoms with van der Waals surface area (Å²) in [7, 11) is -4.44. The number of esters is 1. The van der Waals surface area contributed by atoms with E-state index >= 15 is 0 Å². The molecule has 0 saturated carbocycles. The molecule has 4 N–H and O–H groups in total. The number of aliphatic hydroxyl groups is 2. The van der Waals surface area contributed by atoms with Gasteiger partial charge in [0.25, 0.3) is 0 Å². The number of halogens is 4. The number of ether oxygens (including phenoxy) is 12. The summed E-state index contributed by atoms with van der Waals surface area (Å²) in [5.41, 5.74) is 1.84. The minimum atomic E-state index is -4.44. The zero-order valence-electron chi connectivity index (χ0n) is 47.3. The summed E-state index contributed by atoms with van der Waals surface area (Å²) in [5, 5.41) is 35.6. The number of carbonyl (C=O) groups excluding carboxylic acids is 1. The van der Waals surface area contributed by atoms with Crippen molar-refractivity contribution in [3.05, 3.63) is 71.2 Å². The number of aliphatic hydroxyl groups excluding tert-OH is 2. The summed E-state index contributed by atoms with van der Waals surface area (Å²) in [6, 6.07) is 6.72. The van der Waals surface area contributed by atoms with E-state index in [-0.39, 0.29) is 50.2 Å². The molecule has 478 valence electrons. The van der Waals surface area contributed by atoms with Gasteiger partial charge in [0, 0.05) is 43.7 Å². The Morgan fingerprint density at radius 1 is 0.770 bits per heavy atom. The molecule has 1 spiro atoms. The quantitative estimate of drug-likeness (QED) is 0.0141. The smallest absolute Gasteiger partial charge is 0.350 e. The molecular formula is C53H69ClF3N10O18PS. The molecule has 4 aromatic heterocycles. The zero-order valence-corrected chi connectivity index (χ0v) is 49.8. The maximum atomic E-state index is 13.6. The molecule has 0 bridgehead atoms. The summed E-state index contributed by atoms with van der Waals surface area (Å²) in [4.78, 5) is 48.4. The SMILES string of the molecule is O=C(CCOCCOCCOCCOCCn1cc(COCCOCCOCCOCCOc2ccc3nc(N4CCCC5(C4)CN(c4nc(Cl)nc6c4cnn6[C@@H]4O[C@H](COCP(=O)(O)O)[C@@H](O)[C@H]4O)C5)sc3c2)nn1)Oc1c(F)cc(F)cc1F. The van der Waals surface area contributed by atoms with Crippen molar-refractivity contribution in [3.8, 4) is 11.5 Å². The van der Waals surface area contributed by atoms with Gasteiger partial charge in [-0.05, 0) is 42.6 Å². The molecule has 0 unspecified atom stereocenters. The Balaban J connectivity index is 0.556.